The first-order valence-electron chi connectivity index (χ1n) is 13.5. The van der Waals surface area contributed by atoms with Crippen LogP contribution < -0.4 is 15.0 Å². The number of halogens is 1. The minimum absolute atomic E-state index is 0.0445. The number of aryl methyl sites for hydroxylation is 2. The zero-order valence-corrected chi connectivity index (χ0v) is 24.1. The van der Waals surface area contributed by atoms with Gasteiger partial charge in [0.25, 0.3) is 5.91 Å². The molecule has 0 saturated heterocycles. The molecule has 0 atom stereocenters. The quantitative estimate of drug-likeness (QED) is 0.212. The zero-order valence-electron chi connectivity index (χ0n) is 24.1. The number of nitrogens with zero attached hydrogens (tertiary/aromatic N) is 3. The van der Waals surface area contributed by atoms with Crippen LogP contribution in [0.4, 0.5) is 15.8 Å². The number of nitrogens with one attached hydrogen (secondary N) is 1. The maximum atomic E-state index is 14.1. The third kappa shape index (κ3) is 5.78. The third-order valence-electron chi connectivity index (χ3n) is 6.88. The van der Waals surface area contributed by atoms with Crippen LogP contribution in [0.3, 0.4) is 0 Å². The highest BCUT2D eigenvalue weighted by Crippen LogP contribution is 2.42. The van der Waals surface area contributed by atoms with E-state index in [1.165, 1.54) is 25.1 Å². The van der Waals surface area contributed by atoms with Crippen molar-refractivity contribution in [3.05, 3.63) is 114 Å². The second-order valence-corrected chi connectivity index (χ2v) is 10.3. The van der Waals surface area contributed by atoms with E-state index in [4.69, 9.17) is 9.84 Å². The number of anilines is 2. The normalized spacial score (nSPS) is 10.8. The molecule has 1 heterocycles. The summed E-state index contributed by atoms with van der Waals surface area (Å²) in [7, 11) is 3.95. The Bertz CT molecular complexity index is 1770. The smallest absolute Gasteiger partial charge is 0.309 e. The largest absolute Gasteiger partial charge is 0.407 e. The molecule has 5 aromatic rings. The minimum atomic E-state index is -0.596. The molecule has 5 rings (SSSR count). The fraction of sp³-hybridized carbons (Fsp3) is 0.147. The lowest BCUT2D eigenvalue weighted by atomic mass is 10.0. The third-order valence-corrected chi connectivity index (χ3v) is 6.88. The molecule has 7 nitrogen and oxygen atoms in total. The van der Waals surface area contributed by atoms with Gasteiger partial charge in [0, 0.05) is 38.0 Å². The molecule has 212 valence electrons. The Kier molecular flexibility index (Phi) is 7.88. The van der Waals surface area contributed by atoms with Crippen LogP contribution in [0.5, 0.6) is 5.88 Å². The van der Waals surface area contributed by atoms with Crippen LogP contribution in [0.25, 0.3) is 28.1 Å². The van der Waals surface area contributed by atoms with Crippen LogP contribution >= 0.6 is 0 Å². The topological polar surface area (TPSA) is 76.5 Å². The number of hydrogen-bond donors (Lipinski definition) is 1. The van der Waals surface area contributed by atoms with Gasteiger partial charge in [0.2, 0.25) is 5.88 Å². The molecule has 42 heavy (non-hydrogen) atoms. The van der Waals surface area contributed by atoms with Crippen molar-refractivity contribution in [1.29, 1.82) is 0 Å². The Morgan fingerprint density at radius 2 is 1.55 bits per heavy atom. The molecule has 0 fully saturated rings. The van der Waals surface area contributed by atoms with Crippen molar-refractivity contribution in [1.82, 2.24) is 9.78 Å². The summed E-state index contributed by atoms with van der Waals surface area (Å²) >= 11 is 0. The number of carbonyl (C=O) groups is 2. The molecule has 0 aliphatic heterocycles. The lowest BCUT2D eigenvalue weighted by Crippen LogP contribution is -2.13. The van der Waals surface area contributed by atoms with Gasteiger partial charge < -0.3 is 15.0 Å². The van der Waals surface area contributed by atoms with Crippen LogP contribution in [-0.2, 0) is 4.79 Å². The van der Waals surface area contributed by atoms with Gasteiger partial charge in [-0.2, -0.15) is 9.78 Å². The van der Waals surface area contributed by atoms with Crippen LogP contribution in [-0.4, -0.2) is 35.8 Å². The highest BCUT2D eigenvalue weighted by molar-refractivity contribution is 6.04. The van der Waals surface area contributed by atoms with Crippen molar-refractivity contribution >= 4 is 23.3 Å². The molecule has 0 radical (unpaired) electrons. The summed E-state index contributed by atoms with van der Waals surface area (Å²) in [4.78, 5) is 27.1. The fourth-order valence-corrected chi connectivity index (χ4v) is 4.69. The van der Waals surface area contributed by atoms with Gasteiger partial charge in [0.1, 0.15) is 11.5 Å². The van der Waals surface area contributed by atoms with E-state index in [2.05, 4.69) is 5.32 Å². The number of carbonyl (C=O) groups excluding carboxylic acids is 2. The Balaban J connectivity index is 1.65. The highest BCUT2D eigenvalue weighted by atomic mass is 19.1. The summed E-state index contributed by atoms with van der Waals surface area (Å²) in [6, 6.07) is 26.9. The molecule has 0 aliphatic carbocycles. The van der Waals surface area contributed by atoms with Crippen molar-refractivity contribution in [3.8, 4) is 34.0 Å². The maximum absolute atomic E-state index is 14.1. The van der Waals surface area contributed by atoms with E-state index in [0.29, 0.717) is 16.9 Å². The van der Waals surface area contributed by atoms with Gasteiger partial charge in [-0.1, -0.05) is 48.5 Å². The Labute approximate surface area is 244 Å². The first-order chi connectivity index (χ1) is 20.1. The highest BCUT2D eigenvalue weighted by Gasteiger charge is 2.25. The van der Waals surface area contributed by atoms with Crippen LogP contribution in [0.15, 0.2) is 91.0 Å². The van der Waals surface area contributed by atoms with Crippen molar-refractivity contribution in [2.45, 2.75) is 20.8 Å². The van der Waals surface area contributed by atoms with Gasteiger partial charge in [-0.15, -0.1) is 0 Å². The number of aromatic nitrogens is 2. The van der Waals surface area contributed by atoms with E-state index in [-0.39, 0.29) is 11.4 Å². The molecule has 1 aromatic heterocycles. The number of esters is 1. The summed E-state index contributed by atoms with van der Waals surface area (Å²) in [6.07, 6.45) is 0. The van der Waals surface area contributed by atoms with Gasteiger partial charge in [-0.3, -0.25) is 9.59 Å². The fourth-order valence-electron chi connectivity index (χ4n) is 4.69. The number of amides is 1. The van der Waals surface area contributed by atoms with Crippen molar-refractivity contribution in [2.75, 3.05) is 24.3 Å². The second kappa shape index (κ2) is 11.7. The Hall–Kier alpha value is -5.24. The molecular weight excluding hydrogens is 531 g/mol. The van der Waals surface area contributed by atoms with Crippen molar-refractivity contribution in [2.24, 2.45) is 0 Å². The number of benzene rings is 4. The summed E-state index contributed by atoms with van der Waals surface area (Å²) in [5.41, 5.74) is 7.07. The predicted molar refractivity (Wildman–Crippen MR) is 164 cm³/mol. The average Bonchev–Trinajstić information content (AvgIpc) is 3.33. The standard InChI is InChI=1S/C34H31FN4O3/c1-21-10-11-22(2)30(20-21)39-34(42-23(3)40)31(32(37-39)25-14-18-27(19-15-25)38(4)5)24-12-16-26(17-13-24)36-33(41)28-8-6-7-9-29(28)35/h6-20H,1-5H3,(H,36,41). The van der Waals surface area contributed by atoms with Gasteiger partial charge >= 0.3 is 5.97 Å². The molecular formula is C34H31FN4O3. The van der Waals surface area contributed by atoms with Gasteiger partial charge in [0.15, 0.2) is 0 Å². The predicted octanol–water partition coefficient (Wildman–Crippen LogP) is 7.21. The van der Waals surface area contributed by atoms with Gasteiger partial charge in [0.05, 0.1) is 16.8 Å². The van der Waals surface area contributed by atoms with Crippen LogP contribution in [0, 0.1) is 19.7 Å². The van der Waals surface area contributed by atoms with E-state index in [1.54, 1.807) is 22.9 Å². The Morgan fingerprint density at radius 3 is 2.19 bits per heavy atom. The monoisotopic (exact) mass is 562 g/mol. The first-order valence-corrected chi connectivity index (χ1v) is 13.5. The van der Waals surface area contributed by atoms with Crippen molar-refractivity contribution in [3.63, 3.8) is 0 Å². The molecule has 1 N–H and O–H groups in total. The number of rotatable bonds is 7. The van der Waals surface area contributed by atoms with Gasteiger partial charge in [-0.25, -0.2) is 4.39 Å². The lowest BCUT2D eigenvalue weighted by molar-refractivity contribution is -0.132. The van der Waals surface area contributed by atoms with E-state index < -0.39 is 17.7 Å². The molecule has 4 aromatic carbocycles. The molecule has 0 saturated carbocycles. The van der Waals surface area contributed by atoms with Crippen LogP contribution in [0.1, 0.15) is 28.4 Å². The first kappa shape index (κ1) is 28.3. The van der Waals surface area contributed by atoms with Gasteiger partial charge in [-0.05, 0) is 73.0 Å². The summed E-state index contributed by atoms with van der Waals surface area (Å²) in [5.74, 6) is -1.34. The maximum Gasteiger partial charge on any atom is 0.309 e. The molecule has 8 heteroatoms. The van der Waals surface area contributed by atoms with E-state index in [0.717, 1.165) is 33.6 Å². The van der Waals surface area contributed by atoms with Crippen LogP contribution in [0.2, 0.25) is 0 Å². The number of ether oxygens (including phenoxy) is 1. The molecule has 0 unspecified atom stereocenters. The lowest BCUT2D eigenvalue weighted by Gasteiger charge is -2.13. The average molecular weight is 563 g/mol. The van der Waals surface area contributed by atoms with E-state index in [1.807, 2.05) is 87.4 Å². The molecule has 0 aliphatic rings. The van der Waals surface area contributed by atoms with Crippen molar-refractivity contribution < 1.29 is 18.7 Å². The summed E-state index contributed by atoms with van der Waals surface area (Å²) in [6.45, 7) is 5.33. The summed E-state index contributed by atoms with van der Waals surface area (Å²) < 4.78 is 21.7. The summed E-state index contributed by atoms with van der Waals surface area (Å²) in [5, 5.41) is 7.73. The second-order valence-electron chi connectivity index (χ2n) is 10.3. The SMILES string of the molecule is CC(=O)Oc1c(-c2ccc(NC(=O)c3ccccc3F)cc2)c(-c2ccc(N(C)C)cc2)nn1-c1cc(C)ccc1C. The van der Waals surface area contributed by atoms with E-state index >= 15 is 0 Å². The molecule has 1 amide bonds. The zero-order chi connectivity index (χ0) is 30.0. The Morgan fingerprint density at radius 1 is 0.881 bits per heavy atom. The number of hydrogen-bond acceptors (Lipinski definition) is 5. The van der Waals surface area contributed by atoms with E-state index in [9.17, 15) is 14.0 Å². The molecule has 0 spiro atoms. The molecule has 0 bridgehead atoms. The minimum Gasteiger partial charge on any atom is -0.407 e.